The lowest BCUT2D eigenvalue weighted by Crippen LogP contribution is -2.14. The molecular formula is C20H20ClNO5S. The molecular weight excluding hydrogens is 402 g/mol. The number of nitrogens with one attached hydrogen (secondary N) is 1. The van der Waals surface area contributed by atoms with Gasteiger partial charge in [-0.1, -0.05) is 29.3 Å². The van der Waals surface area contributed by atoms with Crippen LogP contribution in [-0.2, 0) is 14.8 Å². The summed E-state index contributed by atoms with van der Waals surface area (Å²) >= 11 is 6.28. The van der Waals surface area contributed by atoms with Crippen molar-refractivity contribution in [3.63, 3.8) is 0 Å². The van der Waals surface area contributed by atoms with Crippen molar-refractivity contribution in [3.05, 3.63) is 57.8 Å². The van der Waals surface area contributed by atoms with Gasteiger partial charge in [0.25, 0.3) is 10.0 Å². The molecule has 1 aromatic heterocycles. The van der Waals surface area contributed by atoms with Crippen molar-refractivity contribution >= 4 is 44.3 Å². The highest BCUT2D eigenvalue weighted by Gasteiger charge is 2.23. The van der Waals surface area contributed by atoms with Crippen LogP contribution in [0.1, 0.15) is 34.2 Å². The number of carbonyl (C=O) groups is 1. The molecule has 0 spiro atoms. The number of furan rings is 1. The molecule has 0 amide bonds. The SMILES string of the molecule is CCOC(=O)c1c(C)oc2c(Cl)cc(NS(=O)(=O)c3ccc(C)cc3C)cc12. The predicted molar refractivity (Wildman–Crippen MR) is 109 cm³/mol. The smallest absolute Gasteiger partial charge is 0.342 e. The van der Waals surface area contributed by atoms with Gasteiger partial charge in [0.05, 0.1) is 22.2 Å². The number of hydrogen-bond donors (Lipinski definition) is 1. The average Bonchev–Trinajstić information content (AvgIpc) is 2.91. The minimum absolute atomic E-state index is 0.170. The highest BCUT2D eigenvalue weighted by molar-refractivity contribution is 7.92. The van der Waals surface area contributed by atoms with Crippen molar-refractivity contribution in [1.29, 1.82) is 0 Å². The fourth-order valence-corrected chi connectivity index (χ4v) is 4.63. The molecule has 6 nitrogen and oxygen atoms in total. The third kappa shape index (κ3) is 3.72. The van der Waals surface area contributed by atoms with Crippen LogP contribution in [0.4, 0.5) is 5.69 Å². The number of carbonyl (C=O) groups excluding carboxylic acids is 1. The Morgan fingerprint density at radius 1 is 1.18 bits per heavy atom. The van der Waals surface area contributed by atoms with Crippen LogP contribution >= 0.6 is 11.6 Å². The Bertz CT molecular complexity index is 1180. The van der Waals surface area contributed by atoms with Crippen LogP contribution in [-0.4, -0.2) is 21.0 Å². The molecule has 28 heavy (non-hydrogen) atoms. The van der Waals surface area contributed by atoms with E-state index in [1.165, 1.54) is 12.1 Å². The Morgan fingerprint density at radius 3 is 2.54 bits per heavy atom. The first-order valence-corrected chi connectivity index (χ1v) is 10.5. The second-order valence-corrected chi connectivity index (χ2v) is 8.52. The Kier molecular flexibility index (Phi) is 5.41. The Morgan fingerprint density at radius 2 is 1.89 bits per heavy atom. The van der Waals surface area contributed by atoms with E-state index < -0.39 is 16.0 Å². The molecule has 0 aliphatic heterocycles. The highest BCUT2D eigenvalue weighted by Crippen LogP contribution is 2.35. The van der Waals surface area contributed by atoms with Gasteiger partial charge in [-0.05, 0) is 51.5 Å². The summed E-state index contributed by atoms with van der Waals surface area (Å²) in [4.78, 5) is 12.5. The van der Waals surface area contributed by atoms with Crippen LogP contribution in [0.2, 0.25) is 5.02 Å². The molecule has 8 heteroatoms. The zero-order valence-corrected chi connectivity index (χ0v) is 17.5. The topological polar surface area (TPSA) is 85.6 Å². The van der Waals surface area contributed by atoms with Gasteiger partial charge in [-0.2, -0.15) is 0 Å². The van der Waals surface area contributed by atoms with Gasteiger partial charge in [0, 0.05) is 5.39 Å². The highest BCUT2D eigenvalue weighted by atomic mass is 35.5. The monoisotopic (exact) mass is 421 g/mol. The summed E-state index contributed by atoms with van der Waals surface area (Å²) in [6.45, 7) is 7.16. The van der Waals surface area contributed by atoms with Gasteiger partial charge in [-0.3, -0.25) is 4.72 Å². The molecule has 0 aliphatic carbocycles. The second kappa shape index (κ2) is 7.48. The number of rotatable bonds is 5. The lowest BCUT2D eigenvalue weighted by atomic mass is 10.1. The molecule has 0 aliphatic rings. The molecule has 0 unspecified atom stereocenters. The molecule has 0 saturated carbocycles. The number of fused-ring (bicyclic) bond motifs is 1. The second-order valence-electron chi connectivity index (χ2n) is 6.46. The van der Waals surface area contributed by atoms with Crippen molar-refractivity contribution < 1.29 is 22.4 Å². The number of aryl methyl sites for hydroxylation is 3. The van der Waals surface area contributed by atoms with Gasteiger partial charge in [0.15, 0.2) is 5.58 Å². The standard InChI is InChI=1S/C20H20ClNO5S/c1-5-26-20(23)18-13(4)27-19-15(18)9-14(10-16(19)21)22-28(24,25)17-7-6-11(2)8-12(17)3/h6-10,22H,5H2,1-4H3. The van der Waals surface area contributed by atoms with E-state index in [9.17, 15) is 13.2 Å². The van der Waals surface area contributed by atoms with E-state index in [0.29, 0.717) is 22.3 Å². The number of benzene rings is 2. The lowest BCUT2D eigenvalue weighted by Gasteiger charge is -2.11. The predicted octanol–water partition coefficient (Wildman–Crippen LogP) is 4.99. The van der Waals surface area contributed by atoms with E-state index in [-0.39, 0.29) is 27.8 Å². The summed E-state index contributed by atoms with van der Waals surface area (Å²) < 4.78 is 38.9. The fraction of sp³-hybridized carbons (Fsp3) is 0.250. The maximum absolute atomic E-state index is 12.8. The quantitative estimate of drug-likeness (QED) is 0.586. The summed E-state index contributed by atoms with van der Waals surface area (Å²) in [5, 5.41) is 0.580. The normalized spacial score (nSPS) is 11.6. The zero-order chi connectivity index (χ0) is 20.6. The molecule has 148 valence electrons. The minimum Gasteiger partial charge on any atom is -0.462 e. The van der Waals surface area contributed by atoms with E-state index in [1.54, 1.807) is 39.0 Å². The zero-order valence-electron chi connectivity index (χ0n) is 15.9. The van der Waals surface area contributed by atoms with Crippen LogP contribution < -0.4 is 4.72 Å². The molecule has 3 rings (SSSR count). The molecule has 0 bridgehead atoms. The Balaban J connectivity index is 2.09. The molecule has 1 N–H and O–H groups in total. The molecule has 2 aromatic carbocycles. The first kappa shape index (κ1) is 20.2. The van der Waals surface area contributed by atoms with Gasteiger partial charge in [-0.25, -0.2) is 13.2 Å². The molecule has 0 fully saturated rings. The van der Waals surface area contributed by atoms with Crippen LogP contribution in [0.5, 0.6) is 0 Å². The van der Waals surface area contributed by atoms with Gasteiger partial charge in [-0.15, -0.1) is 0 Å². The third-order valence-electron chi connectivity index (χ3n) is 4.27. The van der Waals surface area contributed by atoms with Crippen LogP contribution in [0, 0.1) is 20.8 Å². The van der Waals surface area contributed by atoms with Crippen molar-refractivity contribution in [2.75, 3.05) is 11.3 Å². The third-order valence-corrected chi connectivity index (χ3v) is 6.09. The molecule has 0 radical (unpaired) electrons. The first-order chi connectivity index (χ1) is 13.1. The largest absolute Gasteiger partial charge is 0.462 e. The summed E-state index contributed by atoms with van der Waals surface area (Å²) in [7, 11) is -3.84. The fourth-order valence-electron chi connectivity index (χ4n) is 3.10. The first-order valence-electron chi connectivity index (χ1n) is 8.64. The van der Waals surface area contributed by atoms with E-state index in [1.807, 2.05) is 6.92 Å². The van der Waals surface area contributed by atoms with Gasteiger partial charge >= 0.3 is 5.97 Å². The van der Waals surface area contributed by atoms with Gasteiger partial charge in [0.1, 0.15) is 11.3 Å². The number of hydrogen-bond acceptors (Lipinski definition) is 5. The van der Waals surface area contributed by atoms with E-state index in [0.717, 1.165) is 5.56 Å². The van der Waals surface area contributed by atoms with Crippen molar-refractivity contribution in [2.24, 2.45) is 0 Å². The van der Waals surface area contributed by atoms with Gasteiger partial charge < -0.3 is 9.15 Å². The van der Waals surface area contributed by atoms with Crippen LogP contribution in [0.25, 0.3) is 11.0 Å². The van der Waals surface area contributed by atoms with Crippen LogP contribution in [0.3, 0.4) is 0 Å². The maximum atomic E-state index is 12.8. The number of ether oxygens (including phenoxy) is 1. The number of halogens is 1. The van der Waals surface area contributed by atoms with Gasteiger partial charge in [0.2, 0.25) is 0 Å². The van der Waals surface area contributed by atoms with Crippen molar-refractivity contribution in [1.82, 2.24) is 0 Å². The summed E-state index contributed by atoms with van der Waals surface area (Å²) in [5.41, 5.74) is 2.35. The summed E-state index contributed by atoms with van der Waals surface area (Å²) in [6.07, 6.45) is 0. The number of sulfonamides is 1. The minimum atomic E-state index is -3.84. The van der Waals surface area contributed by atoms with Crippen LogP contribution in [0.15, 0.2) is 39.6 Å². The maximum Gasteiger partial charge on any atom is 0.342 e. The van der Waals surface area contributed by atoms with E-state index in [2.05, 4.69) is 4.72 Å². The Hall–Kier alpha value is -2.51. The molecule has 3 aromatic rings. The Labute approximate surface area is 168 Å². The summed E-state index contributed by atoms with van der Waals surface area (Å²) in [5.74, 6) is -0.200. The van der Waals surface area contributed by atoms with E-state index in [4.69, 9.17) is 20.8 Å². The van der Waals surface area contributed by atoms with E-state index >= 15 is 0 Å². The number of esters is 1. The summed E-state index contributed by atoms with van der Waals surface area (Å²) in [6, 6.07) is 8.05. The van der Waals surface area contributed by atoms with Crippen molar-refractivity contribution in [3.8, 4) is 0 Å². The lowest BCUT2D eigenvalue weighted by molar-refractivity contribution is 0.0526. The van der Waals surface area contributed by atoms with Crippen molar-refractivity contribution in [2.45, 2.75) is 32.6 Å². The molecule has 0 atom stereocenters. The average molecular weight is 422 g/mol. The molecule has 1 heterocycles. The number of anilines is 1. The molecule has 0 saturated heterocycles.